The van der Waals surface area contributed by atoms with Gasteiger partial charge in [-0.1, -0.05) is 36.4 Å². The molecule has 0 amide bonds. The summed E-state index contributed by atoms with van der Waals surface area (Å²) >= 11 is 0. The van der Waals surface area contributed by atoms with E-state index in [-0.39, 0.29) is 17.9 Å². The summed E-state index contributed by atoms with van der Waals surface area (Å²) in [6, 6.07) is 13.9. The molecule has 0 radical (unpaired) electrons. The Morgan fingerprint density at radius 1 is 1.20 bits per heavy atom. The van der Waals surface area contributed by atoms with Crippen molar-refractivity contribution in [3.8, 4) is 5.75 Å². The molecule has 0 aliphatic carbocycles. The van der Waals surface area contributed by atoms with E-state index < -0.39 is 5.97 Å². The van der Waals surface area contributed by atoms with Gasteiger partial charge in [0.15, 0.2) is 0 Å². The number of rotatable bonds is 4. The molecule has 0 aliphatic rings. The molecular formula is C16H15NO3. The molecule has 0 heterocycles. The summed E-state index contributed by atoms with van der Waals surface area (Å²) < 4.78 is 5.04. The highest BCUT2D eigenvalue weighted by Crippen LogP contribution is 2.20. The Hall–Kier alpha value is -2.75. The van der Waals surface area contributed by atoms with Crippen molar-refractivity contribution in [2.24, 2.45) is 0 Å². The van der Waals surface area contributed by atoms with Crippen LogP contribution in [-0.2, 0) is 4.74 Å². The number of carbonyl (C=O) groups is 1. The van der Waals surface area contributed by atoms with Crippen LogP contribution in [0.3, 0.4) is 0 Å². The fraction of sp³-hybridized carbons (Fsp3) is 0.0625. The lowest BCUT2D eigenvalue weighted by Gasteiger charge is -2.05. The van der Waals surface area contributed by atoms with Gasteiger partial charge in [0.05, 0.1) is 0 Å². The number of anilines is 1. The van der Waals surface area contributed by atoms with Gasteiger partial charge >= 0.3 is 5.97 Å². The maximum absolute atomic E-state index is 11.8. The van der Waals surface area contributed by atoms with E-state index in [0.29, 0.717) is 5.69 Å². The number of phenols is 1. The first-order valence-corrected chi connectivity index (χ1v) is 6.14. The molecule has 102 valence electrons. The molecule has 2 aromatic carbocycles. The molecule has 0 bridgehead atoms. The Kier molecular flexibility index (Phi) is 4.39. The van der Waals surface area contributed by atoms with E-state index in [1.54, 1.807) is 6.08 Å². The second-order valence-corrected chi connectivity index (χ2v) is 4.19. The van der Waals surface area contributed by atoms with E-state index in [1.165, 1.54) is 18.2 Å². The van der Waals surface area contributed by atoms with Crippen LogP contribution in [0.15, 0.2) is 54.6 Å². The number of esters is 1. The van der Waals surface area contributed by atoms with Gasteiger partial charge in [-0.15, -0.1) is 0 Å². The molecule has 20 heavy (non-hydrogen) atoms. The standard InChI is InChI=1S/C16H15NO3/c17-13-8-9-15(18)14(11-13)16(19)20-10-4-7-12-5-2-1-3-6-12/h1-9,11,18H,10,17H2/b7-4+. The van der Waals surface area contributed by atoms with Gasteiger partial charge in [0, 0.05) is 5.69 Å². The zero-order chi connectivity index (χ0) is 14.4. The second kappa shape index (κ2) is 6.43. The predicted molar refractivity (Wildman–Crippen MR) is 78.3 cm³/mol. The molecule has 4 heteroatoms. The van der Waals surface area contributed by atoms with Crippen molar-refractivity contribution in [2.75, 3.05) is 12.3 Å². The number of aromatic hydroxyl groups is 1. The molecule has 0 atom stereocenters. The number of benzene rings is 2. The number of hydrogen-bond acceptors (Lipinski definition) is 4. The minimum Gasteiger partial charge on any atom is -0.507 e. The van der Waals surface area contributed by atoms with Gasteiger partial charge in [0.2, 0.25) is 0 Å². The average Bonchev–Trinajstić information content (AvgIpc) is 2.47. The quantitative estimate of drug-likeness (QED) is 0.508. The summed E-state index contributed by atoms with van der Waals surface area (Å²) in [6.07, 6.45) is 3.59. The zero-order valence-electron chi connectivity index (χ0n) is 10.8. The van der Waals surface area contributed by atoms with E-state index in [4.69, 9.17) is 10.5 Å². The van der Waals surface area contributed by atoms with Crippen LogP contribution >= 0.6 is 0 Å². The molecule has 4 nitrogen and oxygen atoms in total. The van der Waals surface area contributed by atoms with Gasteiger partial charge in [0.25, 0.3) is 0 Å². The summed E-state index contributed by atoms with van der Waals surface area (Å²) in [7, 11) is 0. The molecule has 2 rings (SSSR count). The van der Waals surface area contributed by atoms with Gasteiger partial charge in [-0.3, -0.25) is 0 Å². The van der Waals surface area contributed by atoms with E-state index in [9.17, 15) is 9.90 Å². The molecule has 0 saturated carbocycles. The third-order valence-corrected chi connectivity index (χ3v) is 2.66. The van der Waals surface area contributed by atoms with E-state index in [1.807, 2.05) is 36.4 Å². The van der Waals surface area contributed by atoms with Crippen molar-refractivity contribution >= 4 is 17.7 Å². The molecule has 0 fully saturated rings. The maximum Gasteiger partial charge on any atom is 0.342 e. The lowest BCUT2D eigenvalue weighted by atomic mass is 10.2. The van der Waals surface area contributed by atoms with Crippen molar-refractivity contribution in [3.05, 3.63) is 65.7 Å². The van der Waals surface area contributed by atoms with Gasteiger partial charge in [-0.05, 0) is 29.8 Å². The summed E-state index contributed by atoms with van der Waals surface area (Å²) in [4.78, 5) is 11.8. The molecule has 0 spiro atoms. The van der Waals surface area contributed by atoms with Crippen molar-refractivity contribution in [1.82, 2.24) is 0 Å². The number of nitrogens with two attached hydrogens (primary N) is 1. The number of phenolic OH excluding ortho intramolecular Hbond substituents is 1. The van der Waals surface area contributed by atoms with E-state index in [0.717, 1.165) is 5.56 Å². The lowest BCUT2D eigenvalue weighted by molar-refractivity contribution is 0.0547. The highest BCUT2D eigenvalue weighted by atomic mass is 16.5. The molecule has 2 aromatic rings. The fourth-order valence-corrected chi connectivity index (χ4v) is 1.67. The molecule has 0 unspecified atom stereocenters. The Bertz CT molecular complexity index is 621. The largest absolute Gasteiger partial charge is 0.507 e. The van der Waals surface area contributed by atoms with Gasteiger partial charge in [-0.25, -0.2) is 4.79 Å². The number of ether oxygens (including phenoxy) is 1. The van der Waals surface area contributed by atoms with Crippen LogP contribution in [0.2, 0.25) is 0 Å². The third-order valence-electron chi connectivity index (χ3n) is 2.66. The van der Waals surface area contributed by atoms with Crippen molar-refractivity contribution in [3.63, 3.8) is 0 Å². The molecular weight excluding hydrogens is 254 g/mol. The second-order valence-electron chi connectivity index (χ2n) is 4.19. The highest BCUT2D eigenvalue weighted by Gasteiger charge is 2.12. The van der Waals surface area contributed by atoms with Crippen molar-refractivity contribution in [2.45, 2.75) is 0 Å². The van der Waals surface area contributed by atoms with Crippen LogP contribution in [0.5, 0.6) is 5.75 Å². The van der Waals surface area contributed by atoms with Crippen LogP contribution < -0.4 is 5.73 Å². The first-order valence-electron chi connectivity index (χ1n) is 6.14. The summed E-state index contributed by atoms with van der Waals surface area (Å²) in [5, 5.41) is 9.57. The fourth-order valence-electron chi connectivity index (χ4n) is 1.67. The smallest absolute Gasteiger partial charge is 0.342 e. The van der Waals surface area contributed by atoms with Gasteiger partial charge in [0.1, 0.15) is 17.9 Å². The number of carbonyl (C=O) groups excluding carboxylic acids is 1. The summed E-state index contributed by atoms with van der Waals surface area (Å²) in [5.41, 5.74) is 7.05. The molecule has 0 aliphatic heterocycles. The van der Waals surface area contributed by atoms with Crippen LogP contribution in [0.25, 0.3) is 6.08 Å². The third kappa shape index (κ3) is 3.62. The van der Waals surface area contributed by atoms with Crippen molar-refractivity contribution in [1.29, 1.82) is 0 Å². The van der Waals surface area contributed by atoms with Gasteiger partial charge < -0.3 is 15.6 Å². The van der Waals surface area contributed by atoms with Crippen molar-refractivity contribution < 1.29 is 14.6 Å². The molecule has 3 N–H and O–H groups in total. The zero-order valence-corrected chi connectivity index (χ0v) is 10.8. The first kappa shape index (κ1) is 13.7. The minimum absolute atomic E-state index is 0.0677. The molecule has 0 saturated heterocycles. The molecule has 0 aromatic heterocycles. The van der Waals surface area contributed by atoms with Crippen LogP contribution in [0.1, 0.15) is 15.9 Å². The first-order chi connectivity index (χ1) is 9.66. The van der Waals surface area contributed by atoms with E-state index >= 15 is 0 Å². The number of hydrogen-bond donors (Lipinski definition) is 2. The van der Waals surface area contributed by atoms with Gasteiger partial charge in [-0.2, -0.15) is 0 Å². The average molecular weight is 269 g/mol. The minimum atomic E-state index is -0.604. The van der Waals surface area contributed by atoms with Crippen LogP contribution in [-0.4, -0.2) is 17.7 Å². The Labute approximate surface area is 117 Å². The van der Waals surface area contributed by atoms with Crippen LogP contribution in [0.4, 0.5) is 5.69 Å². The maximum atomic E-state index is 11.8. The SMILES string of the molecule is Nc1ccc(O)c(C(=O)OC/C=C/c2ccccc2)c1. The normalized spacial score (nSPS) is 10.6. The highest BCUT2D eigenvalue weighted by molar-refractivity contribution is 5.93. The topological polar surface area (TPSA) is 72.5 Å². The summed E-state index contributed by atoms with van der Waals surface area (Å²) in [6.45, 7) is 0.127. The Balaban J connectivity index is 1.93. The summed E-state index contributed by atoms with van der Waals surface area (Å²) in [5.74, 6) is -0.747. The number of nitrogen functional groups attached to an aromatic ring is 1. The lowest BCUT2D eigenvalue weighted by Crippen LogP contribution is -2.06. The predicted octanol–water partition coefficient (Wildman–Crippen LogP) is 2.84. The Morgan fingerprint density at radius 2 is 1.95 bits per heavy atom. The van der Waals surface area contributed by atoms with E-state index in [2.05, 4.69) is 0 Å². The monoisotopic (exact) mass is 269 g/mol. The van der Waals surface area contributed by atoms with Crippen LogP contribution in [0, 0.1) is 0 Å². The Morgan fingerprint density at radius 3 is 2.70 bits per heavy atom.